The topological polar surface area (TPSA) is 9.72 Å². The van der Waals surface area contributed by atoms with Gasteiger partial charge in [0, 0.05) is 28.4 Å². The third-order valence-electron chi connectivity index (χ3n) is 12.4. The van der Waals surface area contributed by atoms with Crippen LogP contribution in [0.5, 0.6) is 0 Å². The van der Waals surface area contributed by atoms with Crippen molar-refractivity contribution in [2.45, 2.75) is 12.8 Å². The van der Waals surface area contributed by atoms with Gasteiger partial charge in [-0.2, -0.15) is 0 Å². The molecule has 1 aliphatic heterocycles. The van der Waals surface area contributed by atoms with Crippen LogP contribution in [0.1, 0.15) is 22.3 Å². The molecule has 0 spiro atoms. The predicted molar refractivity (Wildman–Crippen MR) is 246 cm³/mol. The first kappa shape index (κ1) is 33.5. The second kappa shape index (κ2) is 13.5. The molecule has 0 saturated carbocycles. The minimum Gasteiger partial charge on any atom is -0.310 e. The van der Waals surface area contributed by atoms with Gasteiger partial charge in [0.2, 0.25) is 0 Å². The van der Waals surface area contributed by atoms with Gasteiger partial charge in [0.05, 0.1) is 22.7 Å². The van der Waals surface area contributed by atoms with Gasteiger partial charge >= 0.3 is 0 Å². The van der Waals surface area contributed by atoms with Crippen LogP contribution in [0.25, 0.3) is 33.4 Å². The number of rotatable bonds is 6. The Morgan fingerprint density at radius 1 is 0.288 bits per heavy atom. The highest BCUT2D eigenvalue weighted by Gasteiger charge is 2.30. The summed E-state index contributed by atoms with van der Waals surface area (Å²) in [5, 5.41) is 0. The highest BCUT2D eigenvalue weighted by Crippen LogP contribution is 2.54. The van der Waals surface area contributed by atoms with Crippen LogP contribution < -0.4 is 14.7 Å². The Kier molecular flexibility index (Phi) is 7.67. The molecule has 0 radical (unpaired) electrons. The maximum Gasteiger partial charge on any atom is 0.0703 e. The molecule has 0 bridgehead atoms. The van der Waals surface area contributed by atoms with Gasteiger partial charge in [0.15, 0.2) is 0 Å². The lowest BCUT2D eigenvalue weighted by Gasteiger charge is -2.40. The molecule has 0 aromatic heterocycles. The van der Waals surface area contributed by atoms with Crippen LogP contribution in [-0.4, -0.2) is 0 Å². The molecule has 3 aliphatic rings. The first-order chi connectivity index (χ1) is 29.2. The molecule has 0 fully saturated rings. The van der Waals surface area contributed by atoms with E-state index in [2.05, 4.69) is 227 Å². The summed E-state index contributed by atoms with van der Waals surface area (Å²) in [6.45, 7) is 0. The van der Waals surface area contributed by atoms with Gasteiger partial charge in [-0.05, 0) is 153 Å². The Labute approximate surface area is 345 Å². The Bertz CT molecular complexity index is 2930. The number of para-hydroxylation sites is 5. The normalized spacial score (nSPS) is 12.9. The van der Waals surface area contributed by atoms with Crippen molar-refractivity contribution < 1.29 is 0 Å². The van der Waals surface area contributed by atoms with Crippen LogP contribution in [0.15, 0.2) is 212 Å². The standard InChI is InChI=1S/C56H39N3/c1-2-16-44(17-3-1)58-53-21-8-10-23-55(53)59(56-24-11-9-22-54(56)58)46-18-12-15-39(35-46)38-25-27-45(28-26-38)57(47-29-31-51-42(36-47)33-40-13-4-6-19-49(40)51)48-30-32-52-43(37-48)34-41-14-5-7-20-50(41)52/h1-32,35-37H,33-34H2. The van der Waals surface area contributed by atoms with Crippen LogP contribution in [0.4, 0.5) is 51.2 Å². The summed E-state index contributed by atoms with van der Waals surface area (Å²) in [5.74, 6) is 0. The van der Waals surface area contributed by atoms with Crippen molar-refractivity contribution in [1.82, 2.24) is 0 Å². The van der Waals surface area contributed by atoms with Gasteiger partial charge in [-0.25, -0.2) is 0 Å². The van der Waals surface area contributed by atoms with Crippen molar-refractivity contribution in [2.75, 3.05) is 14.7 Å². The molecule has 12 rings (SSSR count). The van der Waals surface area contributed by atoms with E-state index in [0.29, 0.717) is 0 Å². The summed E-state index contributed by atoms with van der Waals surface area (Å²) in [5.41, 5.74) is 23.6. The quantitative estimate of drug-likeness (QED) is 0.167. The summed E-state index contributed by atoms with van der Waals surface area (Å²) < 4.78 is 0. The van der Waals surface area contributed by atoms with Crippen molar-refractivity contribution in [3.05, 3.63) is 235 Å². The van der Waals surface area contributed by atoms with Crippen LogP contribution in [0, 0.1) is 0 Å². The maximum absolute atomic E-state index is 2.44. The van der Waals surface area contributed by atoms with E-state index in [1.54, 1.807) is 0 Å². The number of hydrogen-bond donors (Lipinski definition) is 0. The van der Waals surface area contributed by atoms with Gasteiger partial charge < -0.3 is 14.7 Å². The lowest BCUT2D eigenvalue weighted by atomic mass is 10.0. The molecule has 3 heteroatoms. The molecule has 9 aromatic rings. The van der Waals surface area contributed by atoms with E-state index in [1.807, 2.05) is 0 Å². The molecule has 2 aliphatic carbocycles. The fourth-order valence-corrected chi connectivity index (χ4v) is 9.69. The van der Waals surface area contributed by atoms with Gasteiger partial charge in [0.1, 0.15) is 0 Å². The summed E-state index contributed by atoms with van der Waals surface area (Å²) in [6, 6.07) is 77.9. The molecule has 0 amide bonds. The summed E-state index contributed by atoms with van der Waals surface area (Å²) in [6.07, 6.45) is 1.91. The van der Waals surface area contributed by atoms with Crippen LogP contribution >= 0.6 is 0 Å². The second-order valence-corrected chi connectivity index (χ2v) is 15.8. The van der Waals surface area contributed by atoms with Crippen molar-refractivity contribution in [3.8, 4) is 33.4 Å². The van der Waals surface area contributed by atoms with Gasteiger partial charge in [-0.1, -0.05) is 127 Å². The first-order valence-electron chi connectivity index (χ1n) is 20.5. The van der Waals surface area contributed by atoms with E-state index in [-0.39, 0.29) is 0 Å². The van der Waals surface area contributed by atoms with E-state index in [1.165, 1.54) is 67.0 Å². The van der Waals surface area contributed by atoms with Crippen molar-refractivity contribution in [2.24, 2.45) is 0 Å². The van der Waals surface area contributed by atoms with E-state index >= 15 is 0 Å². The Balaban J connectivity index is 0.926. The average molecular weight is 754 g/mol. The Morgan fingerprint density at radius 3 is 1.29 bits per heavy atom. The molecule has 59 heavy (non-hydrogen) atoms. The summed E-state index contributed by atoms with van der Waals surface area (Å²) in [4.78, 5) is 7.21. The summed E-state index contributed by atoms with van der Waals surface area (Å²) >= 11 is 0. The molecule has 9 aromatic carbocycles. The third-order valence-corrected chi connectivity index (χ3v) is 12.4. The predicted octanol–water partition coefficient (Wildman–Crippen LogP) is 15.2. The zero-order valence-corrected chi connectivity index (χ0v) is 32.5. The lowest BCUT2D eigenvalue weighted by molar-refractivity contribution is 1.17. The fraction of sp³-hybridized carbons (Fsp3) is 0.0357. The molecule has 0 N–H and O–H groups in total. The first-order valence-corrected chi connectivity index (χ1v) is 20.5. The number of hydrogen-bond acceptors (Lipinski definition) is 3. The molecule has 0 saturated heterocycles. The second-order valence-electron chi connectivity index (χ2n) is 15.8. The van der Waals surface area contributed by atoms with E-state index in [9.17, 15) is 0 Å². The van der Waals surface area contributed by atoms with Crippen LogP contribution in [0.3, 0.4) is 0 Å². The lowest BCUT2D eigenvalue weighted by Crippen LogP contribution is -2.23. The van der Waals surface area contributed by atoms with Gasteiger partial charge in [-0.15, -0.1) is 0 Å². The smallest absolute Gasteiger partial charge is 0.0703 e. The number of fused-ring (bicyclic) bond motifs is 8. The molecule has 3 nitrogen and oxygen atoms in total. The minimum atomic E-state index is 0.957. The molecule has 278 valence electrons. The molecule has 1 heterocycles. The molecular weight excluding hydrogens is 715 g/mol. The van der Waals surface area contributed by atoms with E-state index in [0.717, 1.165) is 52.7 Å². The van der Waals surface area contributed by atoms with Gasteiger partial charge in [0.25, 0.3) is 0 Å². The van der Waals surface area contributed by atoms with Gasteiger partial charge in [-0.3, -0.25) is 0 Å². The third kappa shape index (κ3) is 5.50. The molecule has 0 atom stereocenters. The SMILES string of the molecule is c1ccc(N2c3ccccc3N(c3cccc(-c4ccc(N(c5ccc6c(c5)Cc5ccccc5-6)c5ccc6c(c5)Cc5ccccc5-6)cc4)c3)c3ccccc32)cc1. The monoisotopic (exact) mass is 753 g/mol. The maximum atomic E-state index is 2.44. The number of benzene rings is 9. The minimum absolute atomic E-state index is 0.957. The largest absolute Gasteiger partial charge is 0.310 e. The zero-order chi connectivity index (χ0) is 38.9. The fourth-order valence-electron chi connectivity index (χ4n) is 9.69. The van der Waals surface area contributed by atoms with Crippen molar-refractivity contribution in [3.63, 3.8) is 0 Å². The molecule has 0 unspecified atom stereocenters. The van der Waals surface area contributed by atoms with Crippen LogP contribution in [-0.2, 0) is 12.8 Å². The Hall–Kier alpha value is -7.62. The summed E-state index contributed by atoms with van der Waals surface area (Å²) in [7, 11) is 0. The van der Waals surface area contributed by atoms with E-state index in [4.69, 9.17) is 0 Å². The number of nitrogens with zero attached hydrogens (tertiary/aromatic N) is 3. The average Bonchev–Trinajstić information content (AvgIpc) is 3.86. The highest BCUT2D eigenvalue weighted by atomic mass is 15.3. The zero-order valence-electron chi connectivity index (χ0n) is 32.5. The highest BCUT2D eigenvalue weighted by molar-refractivity contribution is 6.01. The number of anilines is 9. The van der Waals surface area contributed by atoms with E-state index < -0.39 is 0 Å². The van der Waals surface area contributed by atoms with Crippen LogP contribution in [0.2, 0.25) is 0 Å². The molecular formula is C56H39N3. The van der Waals surface area contributed by atoms with Crippen molar-refractivity contribution in [1.29, 1.82) is 0 Å². The Morgan fingerprint density at radius 2 is 0.729 bits per heavy atom. The van der Waals surface area contributed by atoms with Crippen molar-refractivity contribution >= 4 is 51.2 Å².